The van der Waals surface area contributed by atoms with Crippen molar-refractivity contribution in [2.24, 2.45) is 0 Å². The molecule has 116 valence electrons. The molecule has 0 spiro atoms. The first-order chi connectivity index (χ1) is 9.85. The first-order valence-corrected chi connectivity index (χ1v) is 7.19. The highest BCUT2D eigenvalue weighted by Gasteiger charge is 2.32. The number of anilines is 1. The largest absolute Gasteiger partial charge is 0.490 e. The number of nitrogen functional groups attached to an aromatic ring is 1. The predicted molar refractivity (Wildman–Crippen MR) is 80.1 cm³/mol. The van der Waals surface area contributed by atoms with Gasteiger partial charge in [-0.25, -0.2) is 9.78 Å². The molecule has 1 atom stereocenters. The molecule has 6 heteroatoms. The van der Waals surface area contributed by atoms with Crippen LogP contribution in [0, 0.1) is 0 Å². The fourth-order valence-corrected chi connectivity index (χ4v) is 2.24. The molecule has 2 rings (SSSR count). The fraction of sp³-hybridized carbons (Fsp3) is 0.600. The molecule has 1 saturated heterocycles. The molecule has 0 unspecified atom stereocenters. The molecule has 0 bridgehead atoms. The Hall–Kier alpha value is -1.98. The second-order valence-electron chi connectivity index (χ2n) is 6.20. The average Bonchev–Trinajstić information content (AvgIpc) is 2.84. The lowest BCUT2D eigenvalue weighted by Gasteiger charge is -2.28. The lowest BCUT2D eigenvalue weighted by atomic mass is 10.2. The van der Waals surface area contributed by atoms with Crippen molar-refractivity contribution in [2.45, 2.75) is 45.3 Å². The Kier molecular flexibility index (Phi) is 4.55. The van der Waals surface area contributed by atoms with Crippen molar-refractivity contribution in [3.05, 3.63) is 18.3 Å². The van der Waals surface area contributed by atoms with Gasteiger partial charge in [-0.15, -0.1) is 0 Å². The molecule has 1 aliphatic heterocycles. The van der Waals surface area contributed by atoms with E-state index in [2.05, 4.69) is 4.98 Å². The Bertz CT molecular complexity index is 482. The van der Waals surface area contributed by atoms with E-state index in [1.54, 1.807) is 23.2 Å². The van der Waals surface area contributed by atoms with Gasteiger partial charge in [-0.3, -0.25) is 0 Å². The molecule has 0 aromatic carbocycles. The van der Waals surface area contributed by atoms with E-state index >= 15 is 0 Å². The van der Waals surface area contributed by atoms with Crippen LogP contribution in [0.1, 0.15) is 33.6 Å². The number of aromatic nitrogens is 1. The number of carbonyl (C=O) groups excluding carboxylic acids is 1. The minimum absolute atomic E-state index is 0.0393. The summed E-state index contributed by atoms with van der Waals surface area (Å²) in [5, 5.41) is 0. The third kappa shape index (κ3) is 4.51. The third-order valence-electron chi connectivity index (χ3n) is 3.21. The molecule has 2 N–H and O–H groups in total. The zero-order chi connectivity index (χ0) is 15.5. The maximum atomic E-state index is 12.1. The summed E-state index contributed by atoms with van der Waals surface area (Å²) >= 11 is 0. The Labute approximate surface area is 125 Å². The number of likely N-dealkylation sites (tertiary alicyclic amines) is 1. The standard InChI is InChI=1S/C15H23N3O3/c1-15(2,3)21-14(19)18-8-4-5-11(18)10-20-12-6-7-13(16)17-9-12/h6-7,9,11H,4-5,8,10H2,1-3H3,(H2,16,17)/t11-/m0/s1. The van der Waals surface area contributed by atoms with E-state index in [9.17, 15) is 4.79 Å². The van der Waals surface area contributed by atoms with Gasteiger partial charge in [-0.1, -0.05) is 0 Å². The summed E-state index contributed by atoms with van der Waals surface area (Å²) in [6.07, 6.45) is 3.20. The Balaban J connectivity index is 1.90. The van der Waals surface area contributed by atoms with Gasteiger partial charge in [0, 0.05) is 6.54 Å². The normalized spacial score (nSPS) is 18.6. The maximum Gasteiger partial charge on any atom is 0.410 e. The molecule has 1 amide bonds. The van der Waals surface area contributed by atoms with Crippen molar-refractivity contribution in [1.82, 2.24) is 9.88 Å². The summed E-state index contributed by atoms with van der Waals surface area (Å²) in [6, 6.07) is 3.50. The van der Waals surface area contributed by atoms with E-state index in [-0.39, 0.29) is 12.1 Å². The number of carbonyl (C=O) groups is 1. The molecule has 1 aliphatic rings. The minimum atomic E-state index is -0.480. The van der Waals surface area contributed by atoms with Crippen LogP contribution in [0.4, 0.5) is 10.6 Å². The van der Waals surface area contributed by atoms with Crippen LogP contribution in [-0.4, -0.2) is 40.8 Å². The first kappa shape index (κ1) is 15.4. The van der Waals surface area contributed by atoms with Crippen molar-refractivity contribution in [1.29, 1.82) is 0 Å². The summed E-state index contributed by atoms with van der Waals surface area (Å²) in [5.74, 6) is 1.11. The van der Waals surface area contributed by atoms with Crippen LogP contribution in [0.25, 0.3) is 0 Å². The van der Waals surface area contributed by atoms with E-state index in [0.717, 1.165) is 12.8 Å². The van der Waals surface area contributed by atoms with Gasteiger partial charge in [-0.05, 0) is 45.7 Å². The molecule has 1 aromatic rings. The smallest absolute Gasteiger partial charge is 0.410 e. The van der Waals surface area contributed by atoms with Gasteiger partial charge in [0.15, 0.2) is 0 Å². The highest BCUT2D eigenvalue weighted by atomic mass is 16.6. The van der Waals surface area contributed by atoms with Crippen LogP contribution in [0.3, 0.4) is 0 Å². The lowest BCUT2D eigenvalue weighted by molar-refractivity contribution is 0.0187. The molecule has 2 heterocycles. The Morgan fingerprint density at radius 1 is 1.48 bits per heavy atom. The molecule has 6 nitrogen and oxygen atoms in total. The van der Waals surface area contributed by atoms with E-state index in [1.165, 1.54) is 0 Å². The topological polar surface area (TPSA) is 77.7 Å². The van der Waals surface area contributed by atoms with Gasteiger partial charge in [-0.2, -0.15) is 0 Å². The highest BCUT2D eigenvalue weighted by Crippen LogP contribution is 2.22. The van der Waals surface area contributed by atoms with Crippen molar-refractivity contribution >= 4 is 11.9 Å². The monoisotopic (exact) mass is 293 g/mol. The number of ether oxygens (including phenoxy) is 2. The predicted octanol–water partition coefficient (Wildman–Crippen LogP) is 2.44. The van der Waals surface area contributed by atoms with Gasteiger partial charge in [0.2, 0.25) is 0 Å². The molecular formula is C15H23N3O3. The number of nitrogens with zero attached hydrogens (tertiary/aromatic N) is 2. The SMILES string of the molecule is CC(C)(C)OC(=O)N1CCC[C@H]1COc1ccc(N)nc1. The number of pyridine rings is 1. The number of hydrogen-bond donors (Lipinski definition) is 1. The van der Waals surface area contributed by atoms with Crippen LogP contribution >= 0.6 is 0 Å². The molecule has 0 radical (unpaired) electrons. The minimum Gasteiger partial charge on any atom is -0.490 e. The number of nitrogens with two attached hydrogens (primary N) is 1. The summed E-state index contributed by atoms with van der Waals surface area (Å²) in [4.78, 5) is 17.9. The fourth-order valence-electron chi connectivity index (χ4n) is 2.24. The first-order valence-electron chi connectivity index (χ1n) is 7.19. The number of hydrogen-bond acceptors (Lipinski definition) is 5. The highest BCUT2D eigenvalue weighted by molar-refractivity contribution is 5.69. The van der Waals surface area contributed by atoms with E-state index in [0.29, 0.717) is 24.7 Å². The van der Waals surface area contributed by atoms with Gasteiger partial charge < -0.3 is 20.1 Å². The van der Waals surface area contributed by atoms with Crippen molar-refractivity contribution < 1.29 is 14.3 Å². The van der Waals surface area contributed by atoms with E-state index in [1.807, 2.05) is 20.8 Å². The quantitative estimate of drug-likeness (QED) is 0.926. The second-order valence-corrected chi connectivity index (χ2v) is 6.20. The number of rotatable bonds is 3. The Morgan fingerprint density at radius 3 is 2.86 bits per heavy atom. The van der Waals surface area contributed by atoms with Gasteiger partial charge in [0.05, 0.1) is 12.2 Å². The van der Waals surface area contributed by atoms with Crippen LogP contribution in [0.15, 0.2) is 18.3 Å². The summed E-state index contributed by atoms with van der Waals surface area (Å²) in [6.45, 7) is 6.75. The van der Waals surface area contributed by atoms with Crippen molar-refractivity contribution in [3.8, 4) is 5.75 Å². The second kappa shape index (κ2) is 6.20. The van der Waals surface area contributed by atoms with E-state index < -0.39 is 5.60 Å². The molecule has 21 heavy (non-hydrogen) atoms. The van der Waals surface area contributed by atoms with Crippen LogP contribution in [0.5, 0.6) is 5.75 Å². The summed E-state index contributed by atoms with van der Waals surface area (Å²) < 4.78 is 11.1. The summed E-state index contributed by atoms with van der Waals surface area (Å²) in [5.41, 5.74) is 5.05. The molecule has 1 aromatic heterocycles. The van der Waals surface area contributed by atoms with Crippen molar-refractivity contribution in [2.75, 3.05) is 18.9 Å². The van der Waals surface area contributed by atoms with Crippen molar-refractivity contribution in [3.63, 3.8) is 0 Å². The Morgan fingerprint density at radius 2 is 2.24 bits per heavy atom. The molecule has 0 aliphatic carbocycles. The van der Waals surface area contributed by atoms with Crippen LogP contribution < -0.4 is 10.5 Å². The molecule has 1 fully saturated rings. The van der Waals surface area contributed by atoms with Gasteiger partial charge in [0.25, 0.3) is 0 Å². The summed E-state index contributed by atoms with van der Waals surface area (Å²) in [7, 11) is 0. The van der Waals surface area contributed by atoms with Crippen LogP contribution in [-0.2, 0) is 4.74 Å². The van der Waals surface area contributed by atoms with E-state index in [4.69, 9.17) is 15.2 Å². The van der Waals surface area contributed by atoms with Gasteiger partial charge >= 0.3 is 6.09 Å². The third-order valence-corrected chi connectivity index (χ3v) is 3.21. The van der Waals surface area contributed by atoms with Gasteiger partial charge in [0.1, 0.15) is 23.8 Å². The van der Waals surface area contributed by atoms with Crippen LogP contribution in [0.2, 0.25) is 0 Å². The zero-order valence-electron chi connectivity index (χ0n) is 12.8. The average molecular weight is 293 g/mol. The maximum absolute atomic E-state index is 12.1. The zero-order valence-corrected chi connectivity index (χ0v) is 12.8. The number of amides is 1. The molecule has 0 saturated carbocycles. The molecular weight excluding hydrogens is 270 g/mol. The lowest BCUT2D eigenvalue weighted by Crippen LogP contribution is -2.42.